The van der Waals surface area contributed by atoms with Crippen molar-refractivity contribution in [3.8, 4) is 0 Å². The molecular formula is C43H36N4O2P2. The van der Waals surface area contributed by atoms with Gasteiger partial charge in [-0.3, -0.25) is 27.8 Å². The molecule has 8 heteroatoms. The van der Waals surface area contributed by atoms with Gasteiger partial charge in [-0.1, -0.05) is 104 Å². The maximum atomic E-state index is 16.2. The fourth-order valence-electron chi connectivity index (χ4n) is 7.17. The maximum Gasteiger partial charge on any atom is 0.301 e. The van der Waals surface area contributed by atoms with Crippen LogP contribution in [0.5, 0.6) is 0 Å². The molecule has 0 radical (unpaired) electrons. The molecule has 51 heavy (non-hydrogen) atoms. The molecule has 0 saturated carbocycles. The molecule has 9 rings (SSSR count). The lowest BCUT2D eigenvalue weighted by molar-refractivity contribution is 0.581. The van der Waals surface area contributed by atoms with E-state index in [1.807, 2.05) is 213 Å². The molecule has 2 aliphatic rings. The smallest absolute Gasteiger partial charge is 0.270 e. The van der Waals surface area contributed by atoms with Gasteiger partial charge in [0.15, 0.2) is 0 Å². The molecule has 7 aromatic carbocycles. The van der Waals surface area contributed by atoms with Gasteiger partial charge in [0.05, 0.1) is 33.4 Å². The van der Waals surface area contributed by atoms with Gasteiger partial charge in [-0.05, 0) is 97.1 Å². The van der Waals surface area contributed by atoms with Crippen LogP contribution in [0.25, 0.3) is 0 Å². The number of rotatable bonds is 6. The molecule has 0 atom stereocenters. The standard InChI is InChI=1S/C42H32N4O2P2.CH4/c47-49(43(33-17-5-1-6-18-33)39-25-13-14-26-40(39)44(49)34-19-7-2-8-20-34)37-29-31-38(32-30-37)50(48)45(35-21-9-3-10-22-35)41-27-15-16-28-42(41)46(50)36-23-11-4-12-24-36;/h1-32H;1H4. The number of hydrogen-bond donors (Lipinski definition) is 0. The van der Waals surface area contributed by atoms with E-state index in [0.717, 1.165) is 45.5 Å². The highest BCUT2D eigenvalue weighted by Gasteiger charge is 2.51. The Morgan fingerprint density at radius 2 is 0.471 bits per heavy atom. The second kappa shape index (κ2) is 12.8. The van der Waals surface area contributed by atoms with E-state index in [1.54, 1.807) is 0 Å². The highest BCUT2D eigenvalue weighted by Crippen LogP contribution is 2.71. The summed E-state index contributed by atoms with van der Waals surface area (Å²) in [5.41, 5.74) is 6.76. The van der Waals surface area contributed by atoms with Gasteiger partial charge < -0.3 is 0 Å². The minimum absolute atomic E-state index is 0. The normalized spacial score (nSPS) is 15.2. The summed E-state index contributed by atoms with van der Waals surface area (Å²) in [4.78, 5) is 0. The van der Waals surface area contributed by atoms with Crippen LogP contribution in [-0.2, 0) is 9.13 Å². The third kappa shape index (κ3) is 4.94. The van der Waals surface area contributed by atoms with Crippen LogP contribution in [0, 0.1) is 0 Å². The van der Waals surface area contributed by atoms with Crippen molar-refractivity contribution in [1.82, 2.24) is 0 Å². The zero-order chi connectivity index (χ0) is 33.7. The van der Waals surface area contributed by atoms with E-state index in [1.165, 1.54) is 0 Å². The van der Waals surface area contributed by atoms with Gasteiger partial charge in [-0.25, -0.2) is 0 Å². The largest absolute Gasteiger partial charge is 0.301 e. The molecule has 6 nitrogen and oxygen atoms in total. The van der Waals surface area contributed by atoms with Crippen LogP contribution in [0.15, 0.2) is 194 Å². The first-order valence-electron chi connectivity index (χ1n) is 16.5. The minimum Gasteiger partial charge on any atom is -0.270 e. The fraction of sp³-hybridized carbons (Fsp3) is 0.0233. The lowest BCUT2D eigenvalue weighted by Crippen LogP contribution is -2.29. The summed E-state index contributed by atoms with van der Waals surface area (Å²) in [6, 6.07) is 63.2. The van der Waals surface area contributed by atoms with Gasteiger partial charge in [-0.15, -0.1) is 0 Å². The predicted molar refractivity (Wildman–Crippen MR) is 215 cm³/mol. The second-order valence-corrected chi connectivity index (χ2v) is 17.0. The fourth-order valence-corrected chi connectivity index (χ4v) is 13.2. The van der Waals surface area contributed by atoms with Crippen molar-refractivity contribution in [2.24, 2.45) is 0 Å². The first kappa shape index (κ1) is 32.4. The summed E-state index contributed by atoms with van der Waals surface area (Å²) < 4.78 is 40.2. The number of nitrogens with zero attached hydrogens (tertiary/aromatic N) is 4. The van der Waals surface area contributed by atoms with E-state index in [2.05, 4.69) is 0 Å². The van der Waals surface area contributed by atoms with Gasteiger partial charge in [0.25, 0.3) is 0 Å². The van der Waals surface area contributed by atoms with Crippen LogP contribution in [0.1, 0.15) is 7.43 Å². The molecule has 0 fully saturated rings. The van der Waals surface area contributed by atoms with E-state index in [0.29, 0.717) is 10.6 Å². The summed E-state index contributed by atoms with van der Waals surface area (Å²) in [6.07, 6.45) is 0. The number of para-hydroxylation sites is 8. The van der Waals surface area contributed by atoms with Gasteiger partial charge in [0, 0.05) is 22.7 Å². The summed E-state index contributed by atoms with van der Waals surface area (Å²) >= 11 is 0. The summed E-state index contributed by atoms with van der Waals surface area (Å²) in [7, 11) is -7.19. The van der Waals surface area contributed by atoms with E-state index < -0.39 is 14.9 Å². The predicted octanol–water partition coefficient (Wildman–Crippen LogP) is 11.9. The molecule has 2 heterocycles. The van der Waals surface area contributed by atoms with Gasteiger partial charge in [-0.2, -0.15) is 0 Å². The molecular weight excluding hydrogens is 666 g/mol. The van der Waals surface area contributed by atoms with E-state index in [-0.39, 0.29) is 7.43 Å². The summed E-state index contributed by atoms with van der Waals surface area (Å²) in [5, 5.41) is 1.26. The Hall–Kier alpha value is -5.80. The molecule has 0 N–H and O–H groups in total. The SMILES string of the molecule is C.O=P1(c2ccc(P3(=O)N(c4ccccc4)c4ccccc4N3c3ccccc3)cc2)N(c2ccccc2)c2ccccc2N1c1ccccc1. The van der Waals surface area contributed by atoms with Gasteiger partial charge >= 0.3 is 14.9 Å². The topological polar surface area (TPSA) is 47.1 Å². The third-order valence-corrected chi connectivity index (χ3v) is 15.2. The minimum atomic E-state index is -3.60. The molecule has 2 aliphatic heterocycles. The quantitative estimate of drug-likeness (QED) is 0.161. The van der Waals surface area contributed by atoms with Crippen molar-refractivity contribution < 1.29 is 9.13 Å². The second-order valence-electron chi connectivity index (χ2n) is 12.2. The summed E-state index contributed by atoms with van der Waals surface area (Å²) in [5.74, 6) is 0. The lowest BCUT2D eigenvalue weighted by atomic mass is 10.2. The zero-order valence-electron chi connectivity index (χ0n) is 27.0. The third-order valence-electron chi connectivity index (χ3n) is 9.29. The maximum absolute atomic E-state index is 16.2. The van der Waals surface area contributed by atoms with Crippen LogP contribution in [0.2, 0.25) is 0 Å². The van der Waals surface area contributed by atoms with E-state index in [9.17, 15) is 0 Å². The molecule has 0 unspecified atom stereocenters. The van der Waals surface area contributed by atoms with Crippen LogP contribution in [0.3, 0.4) is 0 Å². The number of hydrogen-bond acceptors (Lipinski definition) is 2. The van der Waals surface area contributed by atoms with Crippen LogP contribution >= 0.6 is 14.9 Å². The van der Waals surface area contributed by atoms with E-state index >= 15 is 9.13 Å². The van der Waals surface area contributed by atoms with Crippen molar-refractivity contribution in [2.75, 3.05) is 18.7 Å². The van der Waals surface area contributed by atoms with Crippen LogP contribution < -0.4 is 29.3 Å². The molecule has 7 aromatic rings. The molecule has 0 saturated heterocycles. The van der Waals surface area contributed by atoms with Crippen molar-refractivity contribution in [3.63, 3.8) is 0 Å². The van der Waals surface area contributed by atoms with Gasteiger partial charge in [0.1, 0.15) is 0 Å². The monoisotopic (exact) mass is 702 g/mol. The lowest BCUT2D eigenvalue weighted by Gasteiger charge is -2.35. The van der Waals surface area contributed by atoms with Crippen molar-refractivity contribution in [3.05, 3.63) is 194 Å². The Balaban J connectivity index is 0.00000374. The number of benzene rings is 7. The van der Waals surface area contributed by atoms with E-state index in [4.69, 9.17) is 0 Å². The van der Waals surface area contributed by atoms with Crippen molar-refractivity contribution in [1.29, 1.82) is 0 Å². The Labute approximate surface area is 299 Å². The molecule has 0 amide bonds. The molecule has 250 valence electrons. The molecule has 0 aliphatic carbocycles. The molecule has 0 spiro atoms. The molecule has 0 aromatic heterocycles. The highest BCUT2D eigenvalue weighted by molar-refractivity contribution is 7.76. The Bertz CT molecular complexity index is 2100. The molecule has 0 bridgehead atoms. The van der Waals surface area contributed by atoms with Gasteiger partial charge in [0.2, 0.25) is 0 Å². The highest BCUT2D eigenvalue weighted by atomic mass is 31.2. The Morgan fingerprint density at radius 3 is 0.686 bits per heavy atom. The average molecular weight is 703 g/mol. The summed E-state index contributed by atoms with van der Waals surface area (Å²) in [6.45, 7) is 0. The van der Waals surface area contributed by atoms with Crippen molar-refractivity contribution >= 4 is 71.0 Å². The number of fused-ring (bicyclic) bond motifs is 2. The zero-order valence-corrected chi connectivity index (χ0v) is 28.8. The van der Waals surface area contributed by atoms with Crippen LogP contribution in [0.4, 0.5) is 45.5 Å². The number of anilines is 8. The van der Waals surface area contributed by atoms with Crippen molar-refractivity contribution in [2.45, 2.75) is 7.43 Å². The first-order valence-corrected chi connectivity index (χ1v) is 19.7. The average Bonchev–Trinajstić information content (AvgIpc) is 3.62. The first-order chi connectivity index (χ1) is 24.6. The van der Waals surface area contributed by atoms with Crippen LogP contribution in [-0.4, -0.2) is 0 Å². The Morgan fingerprint density at radius 1 is 0.275 bits per heavy atom. The Kier molecular flexibility index (Phi) is 8.15.